The largest absolute Gasteiger partial charge is 0.300 e. The summed E-state index contributed by atoms with van der Waals surface area (Å²) >= 11 is 0. The Labute approximate surface area is 61.3 Å². The minimum Gasteiger partial charge on any atom is -0.300 e. The van der Waals surface area contributed by atoms with E-state index in [2.05, 4.69) is 0 Å². The van der Waals surface area contributed by atoms with Gasteiger partial charge in [-0.3, -0.25) is 4.79 Å². The topological polar surface area (TPSA) is 17.1 Å². The molecule has 0 rings (SSSR count). The Morgan fingerprint density at radius 1 is 1.62 bits per heavy atom. The van der Waals surface area contributed by atoms with Crippen LogP contribution in [0, 0.1) is 5.92 Å². The van der Waals surface area contributed by atoms with Gasteiger partial charge in [-0.1, -0.05) is 13.8 Å². The number of Topliss-reactive ketones (excluding diaryl/α,β-unsaturated/α-hetero) is 1. The fourth-order valence-electron chi connectivity index (χ4n) is 0.287. The first kappa shape index (κ1) is 11.0. The summed E-state index contributed by atoms with van der Waals surface area (Å²) in [6.45, 7) is 5.60. The Bertz CT molecular complexity index is 70.9. The van der Waals surface area contributed by atoms with E-state index in [-0.39, 0.29) is 23.0 Å². The smallest absolute Gasteiger partial charge is 0.132 e. The molecule has 0 N–H and O–H groups in total. The molecule has 1 nitrogen and oxygen atoms in total. The number of ketones is 1. The summed E-state index contributed by atoms with van der Waals surface area (Å²) in [6.07, 6.45) is 0.968. The first-order valence-electron chi connectivity index (χ1n) is 2.69. The molecular weight excluding hydrogens is 152 g/mol. The van der Waals surface area contributed by atoms with Crippen molar-refractivity contribution < 1.29 is 21.9 Å². The van der Waals surface area contributed by atoms with E-state index in [4.69, 9.17) is 0 Å². The van der Waals surface area contributed by atoms with Gasteiger partial charge in [-0.25, -0.2) is 0 Å². The Kier molecular flexibility index (Phi) is 7.36. The van der Waals surface area contributed by atoms with Crippen LogP contribution in [-0.2, 0) is 21.9 Å². The molecule has 0 heterocycles. The van der Waals surface area contributed by atoms with Gasteiger partial charge in [0.1, 0.15) is 5.78 Å². The Morgan fingerprint density at radius 2 is 2.00 bits per heavy atom. The predicted octanol–water partition coefficient (Wildman–Crippen LogP) is 1.62. The van der Waals surface area contributed by atoms with Crippen molar-refractivity contribution in [1.29, 1.82) is 0 Å². The molecule has 0 aliphatic rings. The molecule has 0 aromatic carbocycles. The van der Waals surface area contributed by atoms with Crippen LogP contribution in [0.4, 0.5) is 0 Å². The van der Waals surface area contributed by atoms with Gasteiger partial charge in [-0.15, -0.1) is 0 Å². The molecule has 0 aliphatic carbocycles. The van der Waals surface area contributed by atoms with Crippen LogP contribution in [0.1, 0.15) is 27.2 Å². The van der Waals surface area contributed by atoms with Crippen molar-refractivity contribution in [2.45, 2.75) is 27.2 Å². The third-order valence-electron chi connectivity index (χ3n) is 1.31. The zero-order valence-electron chi connectivity index (χ0n) is 5.49. The van der Waals surface area contributed by atoms with Gasteiger partial charge < -0.3 is 0 Å². The first-order valence-corrected chi connectivity index (χ1v) is 2.69. The van der Waals surface area contributed by atoms with Crippen LogP contribution < -0.4 is 0 Å². The Hall–Kier alpha value is 0.189. The van der Waals surface area contributed by atoms with Gasteiger partial charge in [0.2, 0.25) is 0 Å². The molecule has 1 unspecified atom stereocenters. The van der Waals surface area contributed by atoms with E-state index < -0.39 is 0 Å². The van der Waals surface area contributed by atoms with Crippen molar-refractivity contribution in [2.75, 3.05) is 0 Å². The molecule has 53 valence electrons. The summed E-state index contributed by atoms with van der Waals surface area (Å²) < 4.78 is 0. The van der Waals surface area contributed by atoms with Crippen molar-refractivity contribution in [3.05, 3.63) is 0 Å². The summed E-state index contributed by atoms with van der Waals surface area (Å²) in [6, 6.07) is 0. The zero-order valence-corrected chi connectivity index (χ0v) is 6.44. The summed E-state index contributed by atoms with van der Waals surface area (Å²) in [5.41, 5.74) is 0. The zero-order chi connectivity index (χ0) is 5.86. The van der Waals surface area contributed by atoms with Gasteiger partial charge in [-0.2, -0.15) is 0 Å². The van der Waals surface area contributed by atoms with Crippen LogP contribution >= 0.6 is 0 Å². The molecule has 8 heavy (non-hydrogen) atoms. The molecule has 2 heteroatoms. The molecule has 1 radical (unpaired) electrons. The van der Waals surface area contributed by atoms with E-state index in [0.29, 0.717) is 5.78 Å². The molecule has 0 saturated heterocycles. The van der Waals surface area contributed by atoms with Crippen molar-refractivity contribution in [3.8, 4) is 0 Å². The standard InChI is InChI=1S/C6H12O.Cu/c1-4-5(2)6(3)7;/h5H,4H2,1-3H3;. The summed E-state index contributed by atoms with van der Waals surface area (Å²) in [5, 5.41) is 0. The van der Waals surface area contributed by atoms with Gasteiger partial charge in [-0.05, 0) is 13.3 Å². The molecular formula is C6H12CuO. The van der Waals surface area contributed by atoms with Crippen molar-refractivity contribution in [2.24, 2.45) is 5.92 Å². The molecule has 0 spiro atoms. The number of hydrogen-bond donors (Lipinski definition) is 0. The van der Waals surface area contributed by atoms with E-state index in [1.807, 2.05) is 13.8 Å². The number of hydrogen-bond acceptors (Lipinski definition) is 1. The van der Waals surface area contributed by atoms with Gasteiger partial charge in [0.05, 0.1) is 0 Å². The minimum atomic E-state index is 0. The summed E-state index contributed by atoms with van der Waals surface area (Å²) in [5.74, 6) is 0.558. The van der Waals surface area contributed by atoms with E-state index >= 15 is 0 Å². The normalized spacial score (nSPS) is 11.9. The molecule has 0 bridgehead atoms. The second-order valence-corrected chi connectivity index (χ2v) is 1.92. The van der Waals surface area contributed by atoms with E-state index in [0.717, 1.165) is 6.42 Å². The molecule has 1 atom stereocenters. The number of carbonyl (C=O) groups is 1. The summed E-state index contributed by atoms with van der Waals surface area (Å²) in [7, 11) is 0. The molecule has 0 amide bonds. The van der Waals surface area contributed by atoms with E-state index in [1.165, 1.54) is 0 Å². The van der Waals surface area contributed by atoms with Crippen molar-refractivity contribution in [1.82, 2.24) is 0 Å². The second kappa shape index (κ2) is 5.33. The summed E-state index contributed by atoms with van der Waals surface area (Å²) in [4.78, 5) is 10.4. The minimum absolute atomic E-state index is 0. The van der Waals surface area contributed by atoms with Gasteiger partial charge in [0.15, 0.2) is 0 Å². The average Bonchev–Trinajstić information content (AvgIpc) is 1.65. The quantitative estimate of drug-likeness (QED) is 0.566. The molecule has 0 aliphatic heterocycles. The second-order valence-electron chi connectivity index (χ2n) is 1.92. The number of rotatable bonds is 2. The predicted molar refractivity (Wildman–Crippen MR) is 30.1 cm³/mol. The number of carbonyl (C=O) groups excluding carboxylic acids is 1. The maximum atomic E-state index is 10.4. The van der Waals surface area contributed by atoms with Crippen LogP contribution in [-0.4, -0.2) is 5.78 Å². The van der Waals surface area contributed by atoms with Gasteiger partial charge >= 0.3 is 0 Å². The maximum Gasteiger partial charge on any atom is 0.132 e. The fraction of sp³-hybridized carbons (Fsp3) is 0.833. The molecule has 0 fully saturated rings. The fourth-order valence-corrected chi connectivity index (χ4v) is 0.287. The maximum absolute atomic E-state index is 10.4. The molecule has 0 aromatic heterocycles. The Morgan fingerprint density at radius 3 is 2.00 bits per heavy atom. The third kappa shape index (κ3) is 4.35. The Balaban J connectivity index is 0. The monoisotopic (exact) mass is 163 g/mol. The first-order chi connectivity index (χ1) is 3.18. The van der Waals surface area contributed by atoms with Crippen LogP contribution in [0.5, 0.6) is 0 Å². The van der Waals surface area contributed by atoms with Crippen LogP contribution in [0.15, 0.2) is 0 Å². The SMILES string of the molecule is CCC(C)C(C)=O.[Cu]. The molecule has 0 saturated carbocycles. The van der Waals surface area contributed by atoms with Crippen molar-refractivity contribution in [3.63, 3.8) is 0 Å². The van der Waals surface area contributed by atoms with E-state index in [1.54, 1.807) is 6.92 Å². The average molecular weight is 164 g/mol. The van der Waals surface area contributed by atoms with Gasteiger partial charge in [0.25, 0.3) is 0 Å². The third-order valence-corrected chi connectivity index (χ3v) is 1.31. The van der Waals surface area contributed by atoms with Crippen LogP contribution in [0.3, 0.4) is 0 Å². The van der Waals surface area contributed by atoms with Gasteiger partial charge in [0, 0.05) is 23.0 Å². The van der Waals surface area contributed by atoms with Crippen LogP contribution in [0.25, 0.3) is 0 Å². The molecule has 0 aromatic rings. The van der Waals surface area contributed by atoms with Crippen LogP contribution in [0.2, 0.25) is 0 Å². The van der Waals surface area contributed by atoms with E-state index in [9.17, 15) is 4.79 Å². The van der Waals surface area contributed by atoms with Crippen molar-refractivity contribution >= 4 is 5.78 Å².